The van der Waals surface area contributed by atoms with Gasteiger partial charge in [0.25, 0.3) is 0 Å². The topological polar surface area (TPSA) is 68.4 Å². The number of rotatable bonds is 4. The number of benzene rings is 1. The minimum Gasteiger partial charge on any atom is -0.465 e. The van der Waals surface area contributed by atoms with Gasteiger partial charge in [-0.3, -0.25) is 0 Å². The van der Waals surface area contributed by atoms with E-state index in [1.165, 1.54) is 7.11 Å². The number of aromatic amines is 1. The minimum atomic E-state index is -0.490. The number of carbonyl (C=O) groups is 2. The fourth-order valence-corrected chi connectivity index (χ4v) is 2.27. The van der Waals surface area contributed by atoms with Crippen LogP contribution in [0.5, 0.6) is 0 Å². The number of aryl methyl sites for hydroxylation is 2. The molecule has 0 aliphatic rings. The first-order valence-corrected chi connectivity index (χ1v) is 6.94. The lowest BCUT2D eigenvalue weighted by atomic mass is 10.1. The summed E-state index contributed by atoms with van der Waals surface area (Å²) in [7, 11) is 1.31. The van der Waals surface area contributed by atoms with Gasteiger partial charge in [0.1, 0.15) is 12.3 Å². The minimum absolute atomic E-state index is 0.185. The molecule has 0 atom stereocenters. The van der Waals surface area contributed by atoms with E-state index >= 15 is 0 Å². The molecule has 2 aromatic rings. The van der Waals surface area contributed by atoms with Gasteiger partial charge in [-0.05, 0) is 31.9 Å². The number of hydrogen-bond donors (Lipinski definition) is 1. The quantitative estimate of drug-likeness (QED) is 0.881. The highest BCUT2D eigenvalue weighted by Crippen LogP contribution is 2.20. The molecule has 22 heavy (non-hydrogen) atoms. The highest BCUT2D eigenvalue weighted by atomic mass is 16.5. The monoisotopic (exact) mass is 301 g/mol. The molecule has 0 spiro atoms. The molecule has 0 bridgehead atoms. The van der Waals surface area contributed by atoms with Gasteiger partial charge in [0.2, 0.25) is 0 Å². The molecule has 0 amide bonds. The third kappa shape index (κ3) is 3.19. The van der Waals surface area contributed by atoms with Crippen molar-refractivity contribution >= 4 is 11.9 Å². The molecule has 0 aliphatic carbocycles. The summed E-state index contributed by atoms with van der Waals surface area (Å²) in [6.07, 6.45) is 0. The summed E-state index contributed by atoms with van der Waals surface area (Å²) in [5.74, 6) is -0.958. The molecule has 1 N–H and O–H groups in total. The number of esters is 2. The lowest BCUT2D eigenvalue weighted by Crippen LogP contribution is -2.08. The van der Waals surface area contributed by atoms with Crippen LogP contribution in [0.15, 0.2) is 24.3 Å². The van der Waals surface area contributed by atoms with E-state index in [1.54, 1.807) is 13.8 Å². The number of aromatic nitrogens is 1. The second kappa shape index (κ2) is 6.47. The second-order valence-corrected chi connectivity index (χ2v) is 5.18. The molecule has 0 saturated carbocycles. The van der Waals surface area contributed by atoms with Crippen molar-refractivity contribution in [3.05, 3.63) is 57.9 Å². The number of carbonyl (C=O) groups excluding carboxylic acids is 2. The molecule has 116 valence electrons. The highest BCUT2D eigenvalue weighted by molar-refractivity contribution is 5.98. The predicted molar refractivity (Wildman–Crippen MR) is 81.9 cm³/mol. The molecular formula is C17H19NO4. The Hall–Kier alpha value is -2.56. The van der Waals surface area contributed by atoms with Gasteiger partial charge in [-0.1, -0.05) is 29.8 Å². The molecule has 1 aromatic carbocycles. The average Bonchev–Trinajstić information content (AvgIpc) is 2.80. The summed E-state index contributed by atoms with van der Waals surface area (Å²) in [5.41, 5.74) is 3.85. The standard InChI is InChI=1S/C17H19NO4/c1-10-5-7-13(8-6-10)9-22-17(20)15-11(2)14(12(3)18-15)16(19)21-4/h5-8,18H,9H2,1-4H3. The van der Waals surface area contributed by atoms with Crippen molar-refractivity contribution in [1.82, 2.24) is 4.98 Å². The summed E-state index contributed by atoms with van der Waals surface area (Å²) in [4.78, 5) is 26.8. The SMILES string of the molecule is COC(=O)c1c(C)[nH]c(C(=O)OCc2ccc(C)cc2)c1C. The Morgan fingerprint density at radius 2 is 1.68 bits per heavy atom. The van der Waals surface area contributed by atoms with Gasteiger partial charge >= 0.3 is 11.9 Å². The largest absolute Gasteiger partial charge is 0.465 e. The molecule has 5 nitrogen and oxygen atoms in total. The van der Waals surface area contributed by atoms with Crippen molar-refractivity contribution in [3.63, 3.8) is 0 Å². The molecule has 1 heterocycles. The van der Waals surface area contributed by atoms with Crippen LogP contribution in [0.2, 0.25) is 0 Å². The van der Waals surface area contributed by atoms with Crippen molar-refractivity contribution in [2.45, 2.75) is 27.4 Å². The maximum Gasteiger partial charge on any atom is 0.355 e. The molecule has 0 fully saturated rings. The number of methoxy groups -OCH3 is 1. The number of hydrogen-bond acceptors (Lipinski definition) is 4. The summed E-state index contributed by atoms with van der Waals surface area (Å²) in [5, 5.41) is 0. The molecule has 0 radical (unpaired) electrons. The van der Waals surface area contributed by atoms with E-state index in [1.807, 2.05) is 31.2 Å². The molecule has 1 aromatic heterocycles. The maximum absolute atomic E-state index is 12.2. The zero-order valence-corrected chi connectivity index (χ0v) is 13.1. The van der Waals surface area contributed by atoms with E-state index in [2.05, 4.69) is 4.98 Å². The molecule has 0 unspecified atom stereocenters. The Morgan fingerprint density at radius 1 is 1.05 bits per heavy atom. The Kier molecular flexibility index (Phi) is 4.65. The molecule has 0 saturated heterocycles. The first kappa shape index (κ1) is 15.8. The van der Waals surface area contributed by atoms with Gasteiger partial charge < -0.3 is 14.5 Å². The van der Waals surface area contributed by atoms with Gasteiger partial charge in [0.15, 0.2) is 0 Å². The maximum atomic E-state index is 12.2. The smallest absolute Gasteiger partial charge is 0.355 e. The molecular weight excluding hydrogens is 282 g/mol. The lowest BCUT2D eigenvalue weighted by Gasteiger charge is -2.05. The van der Waals surface area contributed by atoms with Gasteiger partial charge in [0.05, 0.1) is 12.7 Å². The van der Waals surface area contributed by atoms with E-state index < -0.39 is 11.9 Å². The summed E-state index contributed by atoms with van der Waals surface area (Å²) >= 11 is 0. The van der Waals surface area contributed by atoms with Crippen LogP contribution < -0.4 is 0 Å². The van der Waals surface area contributed by atoms with Crippen LogP contribution in [0.1, 0.15) is 43.2 Å². The van der Waals surface area contributed by atoms with E-state index in [4.69, 9.17) is 9.47 Å². The summed E-state index contributed by atoms with van der Waals surface area (Å²) in [6, 6.07) is 7.75. The fraction of sp³-hybridized carbons (Fsp3) is 0.294. The number of ether oxygens (including phenoxy) is 2. The van der Waals surface area contributed by atoms with Crippen molar-refractivity contribution in [2.75, 3.05) is 7.11 Å². The predicted octanol–water partition coefficient (Wildman–Crippen LogP) is 3.08. The van der Waals surface area contributed by atoms with Crippen LogP contribution in [0.25, 0.3) is 0 Å². The third-order valence-electron chi connectivity index (χ3n) is 3.52. The van der Waals surface area contributed by atoms with E-state index in [9.17, 15) is 9.59 Å². The molecule has 5 heteroatoms. The average molecular weight is 301 g/mol. The zero-order chi connectivity index (χ0) is 16.3. The normalized spacial score (nSPS) is 10.4. The first-order chi connectivity index (χ1) is 10.4. The molecule has 2 rings (SSSR count). The van der Waals surface area contributed by atoms with Crippen LogP contribution in [0.4, 0.5) is 0 Å². The highest BCUT2D eigenvalue weighted by Gasteiger charge is 2.23. The van der Waals surface area contributed by atoms with Crippen LogP contribution in [0.3, 0.4) is 0 Å². The van der Waals surface area contributed by atoms with Crippen molar-refractivity contribution in [2.24, 2.45) is 0 Å². The Bertz CT molecular complexity index is 698. The fourth-order valence-electron chi connectivity index (χ4n) is 2.27. The van der Waals surface area contributed by atoms with Crippen LogP contribution in [-0.4, -0.2) is 24.0 Å². The summed E-state index contributed by atoms with van der Waals surface area (Å²) < 4.78 is 10.0. The molecule has 0 aliphatic heterocycles. The van der Waals surface area contributed by atoms with Crippen molar-refractivity contribution < 1.29 is 19.1 Å². The van der Waals surface area contributed by atoms with Gasteiger partial charge in [-0.25, -0.2) is 9.59 Å². The Balaban J connectivity index is 2.13. The van der Waals surface area contributed by atoms with E-state index in [0.29, 0.717) is 16.8 Å². The number of nitrogens with one attached hydrogen (secondary N) is 1. The Labute approximate surface area is 129 Å². The van der Waals surface area contributed by atoms with E-state index in [-0.39, 0.29) is 12.3 Å². The van der Waals surface area contributed by atoms with Gasteiger partial charge in [-0.15, -0.1) is 0 Å². The third-order valence-corrected chi connectivity index (χ3v) is 3.52. The van der Waals surface area contributed by atoms with Crippen LogP contribution >= 0.6 is 0 Å². The van der Waals surface area contributed by atoms with E-state index in [0.717, 1.165) is 11.1 Å². The lowest BCUT2D eigenvalue weighted by molar-refractivity contribution is 0.0465. The van der Waals surface area contributed by atoms with Crippen LogP contribution in [0, 0.1) is 20.8 Å². The van der Waals surface area contributed by atoms with Crippen molar-refractivity contribution in [3.8, 4) is 0 Å². The Morgan fingerprint density at radius 3 is 2.27 bits per heavy atom. The van der Waals surface area contributed by atoms with Gasteiger partial charge in [-0.2, -0.15) is 0 Å². The number of H-pyrrole nitrogens is 1. The van der Waals surface area contributed by atoms with Crippen LogP contribution in [-0.2, 0) is 16.1 Å². The summed E-state index contributed by atoms with van der Waals surface area (Å²) in [6.45, 7) is 5.59. The zero-order valence-electron chi connectivity index (χ0n) is 13.1. The first-order valence-electron chi connectivity index (χ1n) is 6.94. The van der Waals surface area contributed by atoms with Crippen molar-refractivity contribution in [1.29, 1.82) is 0 Å². The van der Waals surface area contributed by atoms with Gasteiger partial charge in [0, 0.05) is 5.69 Å². The second-order valence-electron chi connectivity index (χ2n) is 5.18.